The molecule has 0 fully saturated rings. The van der Waals surface area contributed by atoms with Gasteiger partial charge in [0, 0.05) is 73.2 Å². The van der Waals surface area contributed by atoms with Gasteiger partial charge in [0.15, 0.2) is 0 Å². The molecule has 82 heavy (non-hydrogen) atoms. The van der Waals surface area contributed by atoms with Crippen LogP contribution in [-0.2, 0) is 59.0 Å². The topological polar surface area (TPSA) is 300 Å². The van der Waals surface area contributed by atoms with E-state index >= 15 is 0 Å². The average Bonchev–Trinajstić information content (AvgIpc) is 4.03. The number of hydrogen-bond acceptors (Lipinski definition) is 9. The number of anilines is 6. The summed E-state index contributed by atoms with van der Waals surface area (Å²) in [5.74, 6) is -5.42. The van der Waals surface area contributed by atoms with Crippen LogP contribution in [0.4, 0.5) is 38.9 Å². The molecule has 0 saturated carbocycles. The van der Waals surface area contributed by atoms with Gasteiger partial charge in [-0.15, -0.1) is 0 Å². The van der Waals surface area contributed by atoms with Crippen molar-refractivity contribution < 1.29 is 53.4 Å². The highest BCUT2D eigenvalue weighted by molar-refractivity contribution is 6.10. The molecule has 8 amide bonds. The number of carbonyl (C=O) groups excluding carboxylic acids is 7. The minimum Gasteiger partial charge on any atom is -0.480 e. The van der Waals surface area contributed by atoms with Gasteiger partial charge >= 0.3 is 18.0 Å². The molecular weight excluding hydrogens is 1050 g/mol. The SMILES string of the molecule is Cn1cc(NC(=O)c2cccc(NC(=O)Nc3cccc(C(=O)Nc4cc(C(=O)Nc5cccc(CC(=O)NC(Cc6ccccc6)C(=O)O)c5)n(C)c4)c3)c2)cc1C(=O)Nc1cccc(CC(=O)NC(Cc2ccccc2)C(=O)O)c1. The molecule has 0 aliphatic rings. The molecule has 21 heteroatoms. The number of benzene rings is 6. The lowest BCUT2D eigenvalue weighted by atomic mass is 10.1. The number of carbonyl (C=O) groups is 9. The molecule has 2 aromatic heterocycles. The fraction of sp³-hybridized carbons (Fsp3) is 0.131. The molecule has 2 unspecified atom stereocenters. The molecule has 10 N–H and O–H groups in total. The van der Waals surface area contributed by atoms with E-state index in [9.17, 15) is 53.4 Å². The number of aryl methyl sites for hydroxylation is 2. The monoisotopic (exact) mass is 1100 g/mol. The Morgan fingerprint density at radius 2 is 0.720 bits per heavy atom. The van der Waals surface area contributed by atoms with Crippen molar-refractivity contribution in [2.75, 3.05) is 31.9 Å². The first-order valence-electron chi connectivity index (χ1n) is 25.6. The van der Waals surface area contributed by atoms with Crippen LogP contribution in [0.15, 0.2) is 182 Å². The molecule has 2 heterocycles. The zero-order valence-corrected chi connectivity index (χ0v) is 44.3. The number of nitrogens with one attached hydrogen (secondary N) is 8. The maximum Gasteiger partial charge on any atom is 0.326 e. The molecule has 416 valence electrons. The van der Waals surface area contributed by atoms with E-state index < -0.39 is 65.5 Å². The molecule has 0 radical (unpaired) electrons. The zero-order valence-electron chi connectivity index (χ0n) is 44.3. The van der Waals surface area contributed by atoms with Crippen molar-refractivity contribution in [3.63, 3.8) is 0 Å². The molecule has 8 rings (SSSR count). The van der Waals surface area contributed by atoms with Gasteiger partial charge in [-0.05, 0) is 95.1 Å². The number of nitrogens with zero attached hydrogens (tertiary/aromatic N) is 2. The molecule has 0 bridgehead atoms. The lowest BCUT2D eigenvalue weighted by molar-refractivity contribution is -0.142. The van der Waals surface area contributed by atoms with Crippen LogP contribution in [0.2, 0.25) is 0 Å². The molecule has 21 nitrogen and oxygen atoms in total. The average molecular weight is 1110 g/mol. The fourth-order valence-corrected chi connectivity index (χ4v) is 8.76. The van der Waals surface area contributed by atoms with Crippen LogP contribution in [-0.4, -0.2) is 84.8 Å². The summed E-state index contributed by atoms with van der Waals surface area (Å²) in [4.78, 5) is 116. The Morgan fingerprint density at radius 3 is 1.10 bits per heavy atom. The quantitative estimate of drug-likeness (QED) is 0.0313. The number of aliphatic carboxylic acids is 2. The zero-order chi connectivity index (χ0) is 58.3. The van der Waals surface area contributed by atoms with Gasteiger partial charge < -0.3 is 61.9 Å². The van der Waals surface area contributed by atoms with Crippen LogP contribution < -0.4 is 42.5 Å². The van der Waals surface area contributed by atoms with Gasteiger partial charge in [-0.25, -0.2) is 14.4 Å². The van der Waals surface area contributed by atoms with Gasteiger partial charge in [0.05, 0.1) is 24.2 Å². The van der Waals surface area contributed by atoms with Crippen molar-refractivity contribution in [3.8, 4) is 0 Å². The normalized spacial score (nSPS) is 11.4. The van der Waals surface area contributed by atoms with Crippen LogP contribution in [0.25, 0.3) is 0 Å². The Bertz CT molecular complexity index is 3470. The molecule has 0 aliphatic carbocycles. The van der Waals surface area contributed by atoms with Crippen molar-refractivity contribution in [2.24, 2.45) is 14.1 Å². The maximum atomic E-state index is 13.4. The number of urea groups is 1. The predicted octanol–water partition coefficient (Wildman–Crippen LogP) is 7.73. The first-order chi connectivity index (χ1) is 39.4. The first-order valence-corrected chi connectivity index (χ1v) is 25.6. The molecule has 0 saturated heterocycles. The number of hydrogen-bond donors (Lipinski definition) is 10. The third-order valence-corrected chi connectivity index (χ3v) is 12.7. The van der Waals surface area contributed by atoms with Crippen molar-refractivity contribution in [3.05, 3.63) is 227 Å². The summed E-state index contributed by atoms with van der Waals surface area (Å²) < 4.78 is 3.04. The van der Waals surface area contributed by atoms with E-state index in [1.807, 2.05) is 12.1 Å². The summed E-state index contributed by atoms with van der Waals surface area (Å²) in [6.07, 6.45) is 3.07. The second kappa shape index (κ2) is 26.5. The summed E-state index contributed by atoms with van der Waals surface area (Å²) in [6, 6.07) is 43.4. The summed E-state index contributed by atoms with van der Waals surface area (Å²) in [5.41, 5.74) is 5.27. The summed E-state index contributed by atoms with van der Waals surface area (Å²) in [5, 5.41) is 41.0. The molecule has 0 spiro atoms. The molecule has 2 atom stereocenters. The maximum absolute atomic E-state index is 13.4. The summed E-state index contributed by atoms with van der Waals surface area (Å²) in [6.45, 7) is 0. The van der Waals surface area contributed by atoms with Crippen molar-refractivity contribution >= 4 is 87.5 Å². The minimum absolute atomic E-state index is 0.114. The number of carboxylic acid groups (broad SMARTS) is 2. The largest absolute Gasteiger partial charge is 0.480 e. The second-order valence-corrected chi connectivity index (χ2v) is 19.1. The van der Waals surface area contributed by atoms with Crippen LogP contribution in [0.1, 0.15) is 63.9 Å². The van der Waals surface area contributed by atoms with E-state index in [1.54, 1.807) is 148 Å². The molecular formula is C61H56N10O11. The van der Waals surface area contributed by atoms with Crippen molar-refractivity contribution in [1.29, 1.82) is 0 Å². The van der Waals surface area contributed by atoms with E-state index in [2.05, 4.69) is 42.5 Å². The van der Waals surface area contributed by atoms with Crippen LogP contribution in [0, 0.1) is 0 Å². The highest BCUT2D eigenvalue weighted by atomic mass is 16.4. The third-order valence-electron chi connectivity index (χ3n) is 12.7. The number of amides is 8. The minimum atomic E-state index is -1.16. The lowest BCUT2D eigenvalue weighted by Gasteiger charge is -2.15. The van der Waals surface area contributed by atoms with Crippen LogP contribution in [0.5, 0.6) is 0 Å². The van der Waals surface area contributed by atoms with Gasteiger partial charge in [0.25, 0.3) is 23.6 Å². The first kappa shape index (κ1) is 57.1. The standard InChI is InChI=1S/C61H56N10O11/c1-70-35-47(33-51(70)57(76)62-43-21-9-17-39(25-43)29-53(72)68-49(59(78)79)27-37-13-5-3-6-14-37)64-55(74)41-19-11-23-45(31-41)66-61(82)67-46-24-12-20-42(32-46)56(75)65-48-34-52(71(2)36-48)58(77)63-44-22-10-18-40(26-44)30-54(73)69-50(60(80)81)28-38-15-7-4-8-16-38/h3-26,31-36,49-50H,27-30H2,1-2H3,(H,62,76)(H,63,77)(H,64,74)(H,65,75)(H,68,72)(H,69,73)(H,78,79)(H,80,81)(H2,66,67,82). The van der Waals surface area contributed by atoms with Gasteiger partial charge in [-0.2, -0.15) is 0 Å². The lowest BCUT2D eigenvalue weighted by Crippen LogP contribution is -2.43. The number of aromatic nitrogens is 2. The predicted molar refractivity (Wildman–Crippen MR) is 308 cm³/mol. The summed E-state index contributed by atoms with van der Waals surface area (Å²) >= 11 is 0. The Kier molecular flexibility index (Phi) is 18.5. The van der Waals surface area contributed by atoms with Gasteiger partial charge in [0.2, 0.25) is 11.8 Å². The highest BCUT2D eigenvalue weighted by Gasteiger charge is 2.23. The Balaban J connectivity index is 0.799. The second-order valence-electron chi connectivity index (χ2n) is 19.1. The van der Waals surface area contributed by atoms with Gasteiger partial charge in [-0.3, -0.25) is 28.8 Å². The molecule has 0 aliphatic heterocycles. The Morgan fingerprint density at radius 1 is 0.378 bits per heavy atom. The van der Waals surface area contributed by atoms with Crippen LogP contribution in [0.3, 0.4) is 0 Å². The third kappa shape index (κ3) is 16.0. The highest BCUT2D eigenvalue weighted by Crippen LogP contribution is 2.22. The van der Waals surface area contributed by atoms with E-state index in [0.717, 1.165) is 11.1 Å². The van der Waals surface area contributed by atoms with E-state index in [1.165, 1.54) is 45.5 Å². The smallest absolute Gasteiger partial charge is 0.326 e. The van der Waals surface area contributed by atoms with Crippen molar-refractivity contribution in [2.45, 2.75) is 37.8 Å². The van der Waals surface area contributed by atoms with Crippen molar-refractivity contribution in [1.82, 2.24) is 19.8 Å². The molecule has 6 aromatic carbocycles. The fourth-order valence-electron chi connectivity index (χ4n) is 8.76. The van der Waals surface area contributed by atoms with Gasteiger partial charge in [0.1, 0.15) is 23.5 Å². The Hall–Kier alpha value is -11.1. The van der Waals surface area contributed by atoms with E-state index in [-0.39, 0.29) is 59.6 Å². The Labute approximate surface area is 469 Å². The molecule has 8 aromatic rings. The van der Waals surface area contributed by atoms with Crippen LogP contribution >= 0.6 is 0 Å². The number of rotatable bonds is 22. The van der Waals surface area contributed by atoms with E-state index in [0.29, 0.717) is 33.9 Å². The summed E-state index contributed by atoms with van der Waals surface area (Å²) in [7, 11) is 3.25. The van der Waals surface area contributed by atoms with E-state index in [4.69, 9.17) is 0 Å². The van der Waals surface area contributed by atoms with Gasteiger partial charge in [-0.1, -0.05) is 97.1 Å². The number of carboxylic acids is 2.